The Morgan fingerprint density at radius 3 is 2.81 bits per heavy atom. The van der Waals surface area contributed by atoms with Crippen molar-refractivity contribution in [1.29, 1.82) is 0 Å². The Balaban J connectivity index is 2.44. The Kier molecular flexibility index (Phi) is 5.42. The van der Waals surface area contributed by atoms with Gasteiger partial charge < -0.3 is 9.53 Å². The fourth-order valence-electron chi connectivity index (χ4n) is 2.27. The third-order valence-electron chi connectivity index (χ3n) is 3.54. The summed E-state index contributed by atoms with van der Waals surface area (Å²) in [6.45, 7) is 9.92. The Morgan fingerprint density at radius 2 is 2.25 bits per heavy atom. The van der Waals surface area contributed by atoms with Crippen LogP contribution in [0.3, 0.4) is 0 Å². The minimum Gasteiger partial charge on any atom is -0.377 e. The van der Waals surface area contributed by atoms with E-state index in [0.717, 1.165) is 45.4 Å². The highest BCUT2D eigenvalue weighted by Gasteiger charge is 2.28. The molecule has 0 aromatic carbocycles. The summed E-state index contributed by atoms with van der Waals surface area (Å²) in [7, 11) is 0. The second-order valence-corrected chi connectivity index (χ2v) is 5.08. The Morgan fingerprint density at radius 1 is 1.50 bits per heavy atom. The van der Waals surface area contributed by atoms with Crippen LogP contribution in [-0.2, 0) is 9.53 Å². The predicted octanol–water partition coefficient (Wildman–Crippen LogP) is 2.10. The number of ether oxygens (including phenoxy) is 1. The fraction of sp³-hybridized carbons (Fsp3) is 0.923. The largest absolute Gasteiger partial charge is 0.377 e. The fourth-order valence-corrected chi connectivity index (χ4v) is 2.27. The average Bonchev–Trinajstić information content (AvgIpc) is 2.30. The zero-order chi connectivity index (χ0) is 12.0. The summed E-state index contributed by atoms with van der Waals surface area (Å²) in [4.78, 5) is 13.5. The van der Waals surface area contributed by atoms with Crippen molar-refractivity contribution in [3.8, 4) is 0 Å². The number of carbonyl (C=O) groups excluding carboxylic acids is 1. The summed E-state index contributed by atoms with van der Waals surface area (Å²) < 4.78 is 5.66. The van der Waals surface area contributed by atoms with Crippen LogP contribution in [0.2, 0.25) is 0 Å². The molecular weight excluding hydrogens is 202 g/mol. The van der Waals surface area contributed by atoms with E-state index in [-0.39, 0.29) is 5.41 Å². The van der Waals surface area contributed by atoms with E-state index in [4.69, 9.17) is 4.74 Å². The maximum atomic E-state index is 11.1. The van der Waals surface area contributed by atoms with Crippen molar-refractivity contribution in [2.24, 2.45) is 5.41 Å². The van der Waals surface area contributed by atoms with Gasteiger partial charge >= 0.3 is 0 Å². The molecule has 1 rings (SSSR count). The number of hydrogen-bond acceptors (Lipinski definition) is 3. The van der Waals surface area contributed by atoms with E-state index in [9.17, 15) is 4.79 Å². The maximum Gasteiger partial charge on any atom is 0.127 e. The molecule has 0 aromatic heterocycles. The van der Waals surface area contributed by atoms with Gasteiger partial charge in [-0.1, -0.05) is 13.8 Å². The smallest absolute Gasteiger partial charge is 0.127 e. The standard InChI is InChI=1S/C13H25NO2/c1-4-13(3,11-15)10-14-8-6-7-12(9-14)16-5-2/h11-12H,4-10H2,1-3H3. The second-order valence-electron chi connectivity index (χ2n) is 5.08. The first kappa shape index (κ1) is 13.7. The summed E-state index contributed by atoms with van der Waals surface area (Å²) in [5.74, 6) is 0. The Hall–Kier alpha value is -0.410. The van der Waals surface area contributed by atoms with Crippen LogP contribution in [0.5, 0.6) is 0 Å². The monoisotopic (exact) mass is 227 g/mol. The van der Waals surface area contributed by atoms with E-state index in [0.29, 0.717) is 6.10 Å². The van der Waals surface area contributed by atoms with E-state index in [1.807, 2.05) is 13.8 Å². The predicted molar refractivity (Wildman–Crippen MR) is 65.6 cm³/mol. The van der Waals surface area contributed by atoms with Crippen LogP contribution in [0.4, 0.5) is 0 Å². The Bertz CT molecular complexity index is 218. The number of rotatable bonds is 6. The molecule has 1 saturated heterocycles. The molecule has 0 aromatic rings. The van der Waals surface area contributed by atoms with Crippen LogP contribution in [0.25, 0.3) is 0 Å². The third kappa shape index (κ3) is 3.87. The van der Waals surface area contributed by atoms with Gasteiger partial charge in [-0.3, -0.25) is 4.90 Å². The highest BCUT2D eigenvalue weighted by atomic mass is 16.5. The number of nitrogens with zero attached hydrogens (tertiary/aromatic N) is 1. The summed E-state index contributed by atoms with van der Waals surface area (Å²) in [6.07, 6.45) is 4.73. The highest BCUT2D eigenvalue weighted by Crippen LogP contribution is 2.22. The first-order chi connectivity index (χ1) is 7.63. The number of hydrogen-bond donors (Lipinski definition) is 0. The molecule has 2 atom stereocenters. The van der Waals surface area contributed by atoms with Gasteiger partial charge in [0.25, 0.3) is 0 Å². The second kappa shape index (κ2) is 6.36. The van der Waals surface area contributed by atoms with Gasteiger partial charge in [0.05, 0.1) is 6.10 Å². The van der Waals surface area contributed by atoms with Crippen molar-refractivity contribution in [2.75, 3.05) is 26.2 Å². The SMILES string of the molecule is CCOC1CCCN(CC(C)(C=O)CC)C1. The van der Waals surface area contributed by atoms with Crippen molar-refractivity contribution in [3.05, 3.63) is 0 Å². The molecule has 16 heavy (non-hydrogen) atoms. The lowest BCUT2D eigenvalue weighted by atomic mass is 9.88. The van der Waals surface area contributed by atoms with Gasteiger partial charge in [0.1, 0.15) is 6.29 Å². The zero-order valence-corrected chi connectivity index (χ0v) is 10.9. The molecule has 94 valence electrons. The molecule has 2 unspecified atom stereocenters. The lowest BCUT2D eigenvalue weighted by Crippen LogP contribution is -2.45. The normalized spacial score (nSPS) is 26.3. The van der Waals surface area contributed by atoms with E-state index in [2.05, 4.69) is 11.8 Å². The quantitative estimate of drug-likeness (QED) is 0.651. The van der Waals surface area contributed by atoms with Gasteiger partial charge in [-0.2, -0.15) is 0 Å². The van der Waals surface area contributed by atoms with Crippen LogP contribution in [-0.4, -0.2) is 43.5 Å². The minimum atomic E-state index is -0.186. The van der Waals surface area contributed by atoms with Crippen LogP contribution in [0.15, 0.2) is 0 Å². The molecule has 1 fully saturated rings. The summed E-state index contributed by atoms with van der Waals surface area (Å²) in [5, 5.41) is 0. The van der Waals surface area contributed by atoms with Gasteiger partial charge in [-0.15, -0.1) is 0 Å². The number of aldehydes is 1. The van der Waals surface area contributed by atoms with Gasteiger partial charge in [0.15, 0.2) is 0 Å². The molecule has 0 spiro atoms. The number of piperidine rings is 1. The van der Waals surface area contributed by atoms with Gasteiger partial charge in [-0.25, -0.2) is 0 Å². The van der Waals surface area contributed by atoms with E-state index < -0.39 is 0 Å². The summed E-state index contributed by atoms with van der Waals surface area (Å²) >= 11 is 0. The summed E-state index contributed by atoms with van der Waals surface area (Å²) in [5.41, 5.74) is -0.186. The van der Waals surface area contributed by atoms with E-state index >= 15 is 0 Å². The molecule has 1 aliphatic heterocycles. The molecule has 0 radical (unpaired) electrons. The first-order valence-corrected chi connectivity index (χ1v) is 6.44. The van der Waals surface area contributed by atoms with Gasteiger partial charge in [-0.05, 0) is 32.7 Å². The van der Waals surface area contributed by atoms with Crippen LogP contribution >= 0.6 is 0 Å². The highest BCUT2D eigenvalue weighted by molar-refractivity contribution is 5.58. The van der Waals surface area contributed by atoms with Gasteiger partial charge in [0.2, 0.25) is 0 Å². The van der Waals surface area contributed by atoms with Gasteiger partial charge in [0, 0.05) is 25.1 Å². The molecule has 0 saturated carbocycles. The van der Waals surface area contributed by atoms with Crippen molar-refractivity contribution in [1.82, 2.24) is 4.90 Å². The van der Waals surface area contributed by atoms with Crippen molar-refractivity contribution in [2.45, 2.75) is 46.1 Å². The van der Waals surface area contributed by atoms with Crippen molar-refractivity contribution >= 4 is 6.29 Å². The van der Waals surface area contributed by atoms with Crippen LogP contribution in [0, 0.1) is 5.41 Å². The van der Waals surface area contributed by atoms with Crippen LogP contribution < -0.4 is 0 Å². The molecule has 0 amide bonds. The topological polar surface area (TPSA) is 29.5 Å². The zero-order valence-electron chi connectivity index (χ0n) is 10.9. The molecule has 1 heterocycles. The maximum absolute atomic E-state index is 11.1. The van der Waals surface area contributed by atoms with Crippen molar-refractivity contribution in [3.63, 3.8) is 0 Å². The lowest BCUT2D eigenvalue weighted by Gasteiger charge is -2.36. The molecular formula is C13H25NO2. The number of likely N-dealkylation sites (tertiary alicyclic amines) is 1. The summed E-state index contributed by atoms with van der Waals surface area (Å²) in [6, 6.07) is 0. The first-order valence-electron chi connectivity index (χ1n) is 6.44. The van der Waals surface area contributed by atoms with E-state index in [1.165, 1.54) is 6.42 Å². The minimum absolute atomic E-state index is 0.186. The molecule has 1 aliphatic rings. The van der Waals surface area contributed by atoms with Crippen molar-refractivity contribution < 1.29 is 9.53 Å². The molecule has 0 aliphatic carbocycles. The van der Waals surface area contributed by atoms with E-state index in [1.54, 1.807) is 0 Å². The molecule has 3 heteroatoms. The lowest BCUT2D eigenvalue weighted by molar-refractivity contribution is -0.117. The molecule has 3 nitrogen and oxygen atoms in total. The molecule has 0 N–H and O–H groups in total. The van der Waals surface area contributed by atoms with Crippen LogP contribution in [0.1, 0.15) is 40.0 Å². The Labute approximate surface area is 99.1 Å². The molecule has 0 bridgehead atoms. The average molecular weight is 227 g/mol. The number of carbonyl (C=O) groups is 1. The third-order valence-corrected chi connectivity index (χ3v) is 3.54.